The van der Waals surface area contributed by atoms with Crippen LogP contribution in [0.15, 0.2) is 41.3 Å². The molecule has 0 aliphatic carbocycles. The van der Waals surface area contributed by atoms with Crippen molar-refractivity contribution in [1.29, 1.82) is 0 Å². The number of hydrogen-bond acceptors (Lipinski definition) is 4. The average molecular weight is 285 g/mol. The summed E-state index contributed by atoms with van der Waals surface area (Å²) in [4.78, 5) is 16.2. The van der Waals surface area contributed by atoms with Gasteiger partial charge in [0.15, 0.2) is 12.2 Å². The quantitative estimate of drug-likeness (QED) is 0.910. The smallest absolute Gasteiger partial charge is 0.241 e. The summed E-state index contributed by atoms with van der Waals surface area (Å²) in [7, 11) is 0. The third-order valence-corrected chi connectivity index (χ3v) is 3.83. The van der Waals surface area contributed by atoms with Crippen LogP contribution in [0.3, 0.4) is 0 Å². The number of aromatic nitrogens is 1. The molecule has 0 radical (unpaired) electrons. The van der Waals surface area contributed by atoms with Crippen LogP contribution in [0.5, 0.6) is 0 Å². The third-order valence-electron chi connectivity index (χ3n) is 3.83. The minimum atomic E-state index is -0.109. The molecule has 0 saturated carbocycles. The molecule has 2 aromatic rings. The lowest BCUT2D eigenvalue weighted by molar-refractivity contribution is -0.119. The fourth-order valence-corrected chi connectivity index (χ4v) is 2.65. The summed E-state index contributed by atoms with van der Waals surface area (Å²) in [5.41, 5.74) is 1.67. The van der Waals surface area contributed by atoms with Crippen LogP contribution in [0.4, 0.5) is 5.69 Å². The SMILES string of the molecule is CC1CCNC(C(=O)Nc2cccc(-c3cnco3)c2)C1. The van der Waals surface area contributed by atoms with Crippen LogP contribution in [0.1, 0.15) is 19.8 Å². The van der Waals surface area contributed by atoms with Gasteiger partial charge >= 0.3 is 0 Å². The maximum atomic E-state index is 12.3. The molecular weight excluding hydrogens is 266 g/mol. The Morgan fingerprint density at radius 2 is 2.38 bits per heavy atom. The van der Waals surface area contributed by atoms with E-state index in [2.05, 4.69) is 22.5 Å². The third kappa shape index (κ3) is 3.31. The Morgan fingerprint density at radius 1 is 1.48 bits per heavy atom. The van der Waals surface area contributed by atoms with Gasteiger partial charge in [-0.1, -0.05) is 19.1 Å². The first-order valence-electron chi connectivity index (χ1n) is 7.25. The van der Waals surface area contributed by atoms with E-state index in [1.807, 2.05) is 24.3 Å². The van der Waals surface area contributed by atoms with Crippen molar-refractivity contribution in [3.63, 3.8) is 0 Å². The number of anilines is 1. The Labute approximate surface area is 123 Å². The standard InChI is InChI=1S/C16H19N3O2/c1-11-5-6-18-14(7-11)16(20)19-13-4-2-3-12(8-13)15-9-17-10-21-15/h2-4,8-11,14,18H,5-7H2,1H3,(H,19,20). The highest BCUT2D eigenvalue weighted by molar-refractivity contribution is 5.95. The zero-order valence-electron chi connectivity index (χ0n) is 12.0. The van der Waals surface area contributed by atoms with Crippen molar-refractivity contribution in [3.8, 4) is 11.3 Å². The largest absolute Gasteiger partial charge is 0.444 e. The number of carbonyl (C=O) groups is 1. The van der Waals surface area contributed by atoms with E-state index < -0.39 is 0 Å². The molecule has 1 aromatic carbocycles. The van der Waals surface area contributed by atoms with Gasteiger partial charge in [0.05, 0.1) is 12.2 Å². The van der Waals surface area contributed by atoms with E-state index in [-0.39, 0.29) is 11.9 Å². The van der Waals surface area contributed by atoms with Crippen LogP contribution in [0, 0.1) is 5.92 Å². The van der Waals surface area contributed by atoms with Gasteiger partial charge in [-0.05, 0) is 37.4 Å². The molecule has 2 N–H and O–H groups in total. The van der Waals surface area contributed by atoms with E-state index in [1.165, 1.54) is 6.39 Å². The van der Waals surface area contributed by atoms with Gasteiger partial charge in [0.1, 0.15) is 0 Å². The van der Waals surface area contributed by atoms with Crippen molar-refractivity contribution >= 4 is 11.6 Å². The molecule has 2 unspecified atom stereocenters. The van der Waals surface area contributed by atoms with Crippen molar-refractivity contribution < 1.29 is 9.21 Å². The summed E-state index contributed by atoms with van der Waals surface area (Å²) in [6.07, 6.45) is 5.07. The minimum absolute atomic E-state index is 0.0243. The molecule has 0 bridgehead atoms. The van der Waals surface area contributed by atoms with Crippen LogP contribution in [-0.2, 0) is 4.79 Å². The number of oxazole rings is 1. The lowest BCUT2D eigenvalue weighted by Crippen LogP contribution is -2.45. The molecule has 2 heterocycles. The second-order valence-electron chi connectivity index (χ2n) is 5.57. The highest BCUT2D eigenvalue weighted by Gasteiger charge is 2.24. The monoisotopic (exact) mass is 285 g/mol. The second kappa shape index (κ2) is 6.10. The van der Waals surface area contributed by atoms with Crippen LogP contribution < -0.4 is 10.6 Å². The zero-order chi connectivity index (χ0) is 14.7. The molecule has 1 aromatic heterocycles. The van der Waals surface area contributed by atoms with Gasteiger partial charge < -0.3 is 15.1 Å². The summed E-state index contributed by atoms with van der Waals surface area (Å²) >= 11 is 0. The Kier molecular flexibility index (Phi) is 4.01. The average Bonchev–Trinajstić information content (AvgIpc) is 3.02. The van der Waals surface area contributed by atoms with E-state index in [9.17, 15) is 4.79 Å². The van der Waals surface area contributed by atoms with Crippen molar-refractivity contribution in [2.45, 2.75) is 25.8 Å². The predicted molar refractivity (Wildman–Crippen MR) is 80.8 cm³/mol. The van der Waals surface area contributed by atoms with Gasteiger partial charge in [-0.15, -0.1) is 0 Å². The lowest BCUT2D eigenvalue weighted by atomic mass is 9.94. The number of amides is 1. The molecule has 3 rings (SSSR count). The fraction of sp³-hybridized carbons (Fsp3) is 0.375. The molecule has 5 heteroatoms. The first kappa shape index (κ1) is 13.8. The second-order valence-corrected chi connectivity index (χ2v) is 5.57. The lowest BCUT2D eigenvalue weighted by Gasteiger charge is -2.27. The van der Waals surface area contributed by atoms with Crippen LogP contribution in [-0.4, -0.2) is 23.5 Å². The molecule has 110 valence electrons. The van der Waals surface area contributed by atoms with Crippen LogP contribution >= 0.6 is 0 Å². The molecule has 1 saturated heterocycles. The summed E-state index contributed by atoms with van der Waals surface area (Å²) in [5.74, 6) is 1.30. The molecule has 1 amide bonds. The molecule has 5 nitrogen and oxygen atoms in total. The topological polar surface area (TPSA) is 67.2 Å². The van der Waals surface area contributed by atoms with Gasteiger partial charge in [0, 0.05) is 11.3 Å². The molecule has 1 aliphatic heterocycles. The van der Waals surface area contributed by atoms with Crippen LogP contribution in [0.25, 0.3) is 11.3 Å². The Hall–Kier alpha value is -2.14. The number of benzene rings is 1. The highest BCUT2D eigenvalue weighted by Crippen LogP contribution is 2.23. The maximum Gasteiger partial charge on any atom is 0.241 e. The summed E-state index contributed by atoms with van der Waals surface area (Å²) in [6, 6.07) is 7.48. The van der Waals surface area contributed by atoms with Gasteiger partial charge in [0.2, 0.25) is 5.91 Å². The normalized spacial score (nSPS) is 22.0. The van der Waals surface area contributed by atoms with E-state index >= 15 is 0 Å². The van der Waals surface area contributed by atoms with Crippen molar-refractivity contribution in [1.82, 2.24) is 10.3 Å². The fourth-order valence-electron chi connectivity index (χ4n) is 2.65. The van der Waals surface area contributed by atoms with Gasteiger partial charge in [0.25, 0.3) is 0 Å². The maximum absolute atomic E-state index is 12.3. The van der Waals surface area contributed by atoms with Gasteiger partial charge in [-0.3, -0.25) is 4.79 Å². The van der Waals surface area contributed by atoms with E-state index in [4.69, 9.17) is 4.42 Å². The minimum Gasteiger partial charge on any atom is -0.444 e. The molecule has 0 spiro atoms. The Balaban J connectivity index is 1.70. The van der Waals surface area contributed by atoms with Crippen molar-refractivity contribution in [3.05, 3.63) is 36.9 Å². The van der Waals surface area contributed by atoms with E-state index in [0.717, 1.165) is 30.6 Å². The zero-order valence-corrected chi connectivity index (χ0v) is 12.0. The first-order valence-corrected chi connectivity index (χ1v) is 7.25. The van der Waals surface area contributed by atoms with Crippen molar-refractivity contribution in [2.75, 3.05) is 11.9 Å². The highest BCUT2D eigenvalue weighted by atomic mass is 16.3. The number of piperidine rings is 1. The first-order chi connectivity index (χ1) is 10.2. The van der Waals surface area contributed by atoms with E-state index in [0.29, 0.717) is 11.7 Å². The van der Waals surface area contributed by atoms with Gasteiger partial charge in [-0.25, -0.2) is 4.98 Å². The number of rotatable bonds is 3. The number of nitrogens with zero attached hydrogens (tertiary/aromatic N) is 1. The number of hydrogen-bond donors (Lipinski definition) is 2. The molecule has 1 aliphatic rings. The molecule has 1 fully saturated rings. The Morgan fingerprint density at radius 3 is 3.14 bits per heavy atom. The van der Waals surface area contributed by atoms with E-state index in [1.54, 1.807) is 6.20 Å². The molecular formula is C16H19N3O2. The summed E-state index contributed by atoms with van der Waals surface area (Å²) in [6.45, 7) is 3.09. The van der Waals surface area contributed by atoms with Crippen molar-refractivity contribution in [2.24, 2.45) is 5.92 Å². The summed E-state index contributed by atoms with van der Waals surface area (Å²) < 4.78 is 5.27. The van der Waals surface area contributed by atoms with Crippen LogP contribution in [0.2, 0.25) is 0 Å². The Bertz CT molecular complexity index is 610. The molecule has 21 heavy (non-hydrogen) atoms. The molecule has 2 atom stereocenters. The van der Waals surface area contributed by atoms with Gasteiger partial charge in [-0.2, -0.15) is 0 Å². The predicted octanol–water partition coefficient (Wildman–Crippen LogP) is 2.67. The number of carbonyl (C=O) groups excluding carboxylic acids is 1. The summed E-state index contributed by atoms with van der Waals surface area (Å²) in [5, 5.41) is 6.24. The number of nitrogens with one attached hydrogen (secondary N) is 2.